The molecule has 0 aliphatic rings. The van der Waals surface area contributed by atoms with Gasteiger partial charge in [-0.2, -0.15) is 4.98 Å². The highest BCUT2D eigenvalue weighted by Gasteiger charge is 2.07. The standard InChI is InChI=1S/C17H16ClN3/c1-11(2)12-6-5-7-13(10-12)19-16-14-8-3-4-9-15(14)20-17(18)21-16/h3-11H,1-2H3,(H,19,20,21). The van der Waals surface area contributed by atoms with E-state index in [4.69, 9.17) is 11.6 Å². The van der Waals surface area contributed by atoms with Gasteiger partial charge in [0, 0.05) is 11.1 Å². The summed E-state index contributed by atoms with van der Waals surface area (Å²) in [4.78, 5) is 8.55. The van der Waals surface area contributed by atoms with Gasteiger partial charge in [-0.25, -0.2) is 4.98 Å². The summed E-state index contributed by atoms with van der Waals surface area (Å²) in [6.45, 7) is 4.35. The molecule has 21 heavy (non-hydrogen) atoms. The lowest BCUT2D eigenvalue weighted by Crippen LogP contribution is -1.98. The molecule has 0 atom stereocenters. The van der Waals surface area contributed by atoms with Crippen molar-refractivity contribution >= 4 is 34.0 Å². The lowest BCUT2D eigenvalue weighted by Gasteiger charge is -2.11. The smallest absolute Gasteiger partial charge is 0.224 e. The van der Waals surface area contributed by atoms with Gasteiger partial charge in [0.25, 0.3) is 0 Å². The second-order valence-corrected chi connectivity index (χ2v) is 5.60. The first-order chi connectivity index (χ1) is 10.1. The van der Waals surface area contributed by atoms with Crippen molar-refractivity contribution in [2.24, 2.45) is 0 Å². The third kappa shape index (κ3) is 2.98. The van der Waals surface area contributed by atoms with Crippen molar-refractivity contribution < 1.29 is 0 Å². The Morgan fingerprint density at radius 1 is 1.00 bits per heavy atom. The fourth-order valence-corrected chi connectivity index (χ4v) is 2.43. The molecule has 3 nitrogen and oxygen atoms in total. The molecule has 3 aromatic rings. The monoisotopic (exact) mass is 297 g/mol. The topological polar surface area (TPSA) is 37.8 Å². The van der Waals surface area contributed by atoms with Gasteiger partial charge in [-0.3, -0.25) is 0 Å². The van der Waals surface area contributed by atoms with E-state index < -0.39 is 0 Å². The predicted molar refractivity (Wildman–Crippen MR) is 88.4 cm³/mol. The van der Waals surface area contributed by atoms with E-state index in [2.05, 4.69) is 41.3 Å². The highest BCUT2D eigenvalue weighted by Crippen LogP contribution is 2.26. The number of nitrogens with zero attached hydrogens (tertiary/aromatic N) is 2. The first-order valence-corrected chi connectivity index (χ1v) is 7.30. The minimum absolute atomic E-state index is 0.246. The SMILES string of the molecule is CC(C)c1cccc(Nc2nc(Cl)nc3ccccc23)c1. The summed E-state index contributed by atoms with van der Waals surface area (Å²) in [6.07, 6.45) is 0. The molecule has 0 saturated carbocycles. The van der Waals surface area contributed by atoms with Gasteiger partial charge >= 0.3 is 0 Å². The van der Waals surface area contributed by atoms with Crippen LogP contribution in [0.2, 0.25) is 5.28 Å². The number of anilines is 2. The van der Waals surface area contributed by atoms with Crippen LogP contribution in [0.15, 0.2) is 48.5 Å². The normalized spacial score (nSPS) is 11.0. The maximum absolute atomic E-state index is 6.01. The molecule has 0 saturated heterocycles. The number of hydrogen-bond donors (Lipinski definition) is 1. The van der Waals surface area contributed by atoms with Crippen LogP contribution in [-0.4, -0.2) is 9.97 Å². The first kappa shape index (κ1) is 13.8. The average molecular weight is 298 g/mol. The van der Waals surface area contributed by atoms with Gasteiger partial charge in [0.1, 0.15) is 5.82 Å². The number of rotatable bonds is 3. The summed E-state index contributed by atoms with van der Waals surface area (Å²) in [7, 11) is 0. The van der Waals surface area contributed by atoms with Gasteiger partial charge in [0.05, 0.1) is 5.52 Å². The van der Waals surface area contributed by atoms with E-state index in [1.807, 2.05) is 36.4 Å². The minimum Gasteiger partial charge on any atom is -0.340 e. The van der Waals surface area contributed by atoms with Crippen LogP contribution in [0, 0.1) is 0 Å². The molecule has 0 fully saturated rings. The van der Waals surface area contributed by atoms with Crippen molar-refractivity contribution in [2.75, 3.05) is 5.32 Å². The number of para-hydroxylation sites is 1. The number of nitrogens with one attached hydrogen (secondary N) is 1. The molecule has 2 aromatic carbocycles. The second kappa shape index (κ2) is 5.70. The predicted octanol–water partition coefficient (Wildman–Crippen LogP) is 5.15. The Bertz CT molecular complexity index is 784. The molecule has 0 aliphatic carbocycles. The zero-order chi connectivity index (χ0) is 14.8. The first-order valence-electron chi connectivity index (χ1n) is 6.93. The van der Waals surface area contributed by atoms with E-state index >= 15 is 0 Å². The molecular formula is C17H16ClN3. The maximum atomic E-state index is 6.01. The molecule has 4 heteroatoms. The van der Waals surface area contributed by atoms with Crippen LogP contribution >= 0.6 is 11.6 Å². The highest BCUT2D eigenvalue weighted by atomic mass is 35.5. The summed E-state index contributed by atoms with van der Waals surface area (Å²) < 4.78 is 0. The molecule has 0 radical (unpaired) electrons. The van der Waals surface area contributed by atoms with E-state index in [1.54, 1.807) is 0 Å². The van der Waals surface area contributed by atoms with Crippen LogP contribution in [0.4, 0.5) is 11.5 Å². The van der Waals surface area contributed by atoms with Crippen LogP contribution in [0.1, 0.15) is 25.3 Å². The average Bonchev–Trinajstić information content (AvgIpc) is 2.47. The molecule has 0 aliphatic heterocycles. The molecule has 0 unspecified atom stereocenters. The van der Waals surface area contributed by atoms with Gasteiger partial charge in [-0.15, -0.1) is 0 Å². The summed E-state index contributed by atoms with van der Waals surface area (Å²) in [6, 6.07) is 16.2. The summed E-state index contributed by atoms with van der Waals surface area (Å²) in [5.74, 6) is 1.21. The summed E-state index contributed by atoms with van der Waals surface area (Å²) >= 11 is 6.01. The van der Waals surface area contributed by atoms with E-state index in [0.717, 1.165) is 22.4 Å². The van der Waals surface area contributed by atoms with Crippen LogP contribution in [0.5, 0.6) is 0 Å². The number of halogens is 1. The zero-order valence-electron chi connectivity index (χ0n) is 12.0. The minimum atomic E-state index is 0.246. The summed E-state index contributed by atoms with van der Waals surface area (Å²) in [5, 5.41) is 4.55. The zero-order valence-corrected chi connectivity index (χ0v) is 12.7. The van der Waals surface area contributed by atoms with Crippen molar-refractivity contribution in [3.8, 4) is 0 Å². The second-order valence-electron chi connectivity index (χ2n) is 5.26. The molecule has 106 valence electrons. The molecular weight excluding hydrogens is 282 g/mol. The lowest BCUT2D eigenvalue weighted by molar-refractivity contribution is 0.867. The fourth-order valence-electron chi connectivity index (χ4n) is 2.26. The molecule has 1 heterocycles. The van der Waals surface area contributed by atoms with E-state index in [1.165, 1.54) is 5.56 Å². The fraction of sp³-hybridized carbons (Fsp3) is 0.176. The third-order valence-corrected chi connectivity index (χ3v) is 3.56. The van der Waals surface area contributed by atoms with Crippen molar-refractivity contribution in [2.45, 2.75) is 19.8 Å². The van der Waals surface area contributed by atoms with Gasteiger partial charge in [-0.05, 0) is 47.3 Å². The van der Waals surface area contributed by atoms with Crippen LogP contribution in [0.25, 0.3) is 10.9 Å². The largest absolute Gasteiger partial charge is 0.340 e. The van der Waals surface area contributed by atoms with E-state index in [-0.39, 0.29) is 5.28 Å². The van der Waals surface area contributed by atoms with E-state index in [0.29, 0.717) is 5.92 Å². The number of hydrogen-bond acceptors (Lipinski definition) is 3. The molecule has 0 amide bonds. The molecule has 0 bridgehead atoms. The Labute approximate surface area is 129 Å². The number of fused-ring (bicyclic) bond motifs is 1. The van der Waals surface area contributed by atoms with Crippen molar-refractivity contribution in [1.82, 2.24) is 9.97 Å². The Morgan fingerprint density at radius 3 is 2.62 bits per heavy atom. The van der Waals surface area contributed by atoms with Crippen LogP contribution in [0.3, 0.4) is 0 Å². The number of aromatic nitrogens is 2. The number of benzene rings is 2. The third-order valence-electron chi connectivity index (χ3n) is 3.39. The van der Waals surface area contributed by atoms with Crippen molar-refractivity contribution in [1.29, 1.82) is 0 Å². The molecule has 0 spiro atoms. The maximum Gasteiger partial charge on any atom is 0.224 e. The lowest BCUT2D eigenvalue weighted by atomic mass is 10.0. The quantitative estimate of drug-likeness (QED) is 0.679. The molecule has 1 aromatic heterocycles. The molecule has 3 rings (SSSR count). The Hall–Kier alpha value is -2.13. The van der Waals surface area contributed by atoms with Crippen LogP contribution < -0.4 is 5.32 Å². The van der Waals surface area contributed by atoms with E-state index in [9.17, 15) is 0 Å². The van der Waals surface area contributed by atoms with Gasteiger partial charge < -0.3 is 5.32 Å². The van der Waals surface area contributed by atoms with Crippen molar-refractivity contribution in [3.63, 3.8) is 0 Å². The van der Waals surface area contributed by atoms with Gasteiger partial charge in [0.15, 0.2) is 0 Å². The highest BCUT2D eigenvalue weighted by molar-refractivity contribution is 6.28. The Morgan fingerprint density at radius 2 is 1.81 bits per heavy atom. The van der Waals surface area contributed by atoms with Crippen molar-refractivity contribution in [3.05, 3.63) is 59.4 Å². The van der Waals surface area contributed by atoms with Gasteiger partial charge in [0.2, 0.25) is 5.28 Å². The Kier molecular flexibility index (Phi) is 3.76. The van der Waals surface area contributed by atoms with Gasteiger partial charge in [-0.1, -0.05) is 38.1 Å². The van der Waals surface area contributed by atoms with Crippen LogP contribution in [-0.2, 0) is 0 Å². The molecule has 1 N–H and O–H groups in total. The Balaban J connectivity index is 2.03. The summed E-state index contributed by atoms with van der Waals surface area (Å²) in [5.41, 5.74) is 3.12.